The van der Waals surface area contributed by atoms with Crippen LogP contribution in [0.5, 0.6) is 0 Å². The molecule has 0 bridgehead atoms. The van der Waals surface area contributed by atoms with E-state index in [1.807, 2.05) is 27.7 Å². The molecule has 0 rings (SSSR count). The fraction of sp³-hybridized carbons (Fsp3) is 0.846. The molecule has 0 aromatic heterocycles. The van der Waals surface area contributed by atoms with Gasteiger partial charge in [-0.15, -0.1) is 0 Å². The Balaban J connectivity index is 4.55. The van der Waals surface area contributed by atoms with Crippen molar-refractivity contribution in [2.75, 3.05) is 0 Å². The molecule has 1 N–H and O–H groups in total. The summed E-state index contributed by atoms with van der Waals surface area (Å²) >= 11 is 0. The topological polar surface area (TPSA) is 46.2 Å². The summed E-state index contributed by atoms with van der Waals surface area (Å²) in [5.41, 5.74) is 0. The summed E-state index contributed by atoms with van der Waals surface area (Å²) in [6.07, 6.45) is 0.718. The van der Waals surface area contributed by atoms with Gasteiger partial charge < -0.3 is 5.32 Å². The number of hydrogen-bond acceptors (Lipinski definition) is 2. The highest BCUT2D eigenvalue weighted by molar-refractivity contribution is 5.90. The lowest BCUT2D eigenvalue weighted by molar-refractivity contribution is -0.131. The minimum Gasteiger partial charge on any atom is -0.346 e. The SMILES string of the molecule is CC(C)CC([15NH][13C](=[18O])C(C)C)C(=O)C(C)C. The maximum atomic E-state index is 11.9. The zero-order valence-electron chi connectivity index (χ0n) is 11.3. The van der Waals surface area contributed by atoms with Gasteiger partial charge in [0.05, 0.1) is 6.04 Å². The van der Waals surface area contributed by atoms with Gasteiger partial charge >= 0.3 is 0 Å². The lowest BCUT2D eigenvalue weighted by atomic mass is 9.96. The predicted octanol–water partition coefficient (Wildman–Crippen LogP) is 2.40. The summed E-state index contributed by atoms with van der Waals surface area (Å²) < 4.78 is 0. The third kappa shape index (κ3) is 5.29. The third-order valence-corrected chi connectivity index (χ3v) is 2.46. The standard InChI is InChI=1S/C13H25NO2/c1-8(2)7-11(12(15)9(3)4)14-13(16)10(5)6/h8-11H,7H2,1-6H3,(H,14,16)/i13+1,14+1,16+2. The number of ketones is 1. The molecule has 0 aliphatic rings. The Bertz CT molecular complexity index is 244. The molecule has 0 fully saturated rings. The minimum absolute atomic E-state index is 0.0313. The molecule has 1 amide bonds. The molecule has 0 saturated carbocycles. The average molecular weight is 231 g/mol. The van der Waals surface area contributed by atoms with E-state index in [4.69, 9.17) is 0 Å². The molecular weight excluding hydrogens is 206 g/mol. The van der Waals surface area contributed by atoms with E-state index in [1.165, 1.54) is 0 Å². The molecule has 0 aromatic rings. The second-order valence-electron chi connectivity index (χ2n) is 5.40. The molecule has 0 saturated heterocycles. The highest BCUT2D eigenvalue weighted by Gasteiger charge is 2.24. The van der Waals surface area contributed by atoms with Crippen molar-refractivity contribution in [1.29, 1.82) is 0 Å². The first-order chi connectivity index (χ1) is 7.25. The van der Waals surface area contributed by atoms with Crippen LogP contribution in [0.1, 0.15) is 48.0 Å². The van der Waals surface area contributed by atoms with E-state index < -0.39 is 0 Å². The lowest BCUT2D eigenvalue weighted by Crippen LogP contribution is -2.45. The molecule has 16 heavy (non-hydrogen) atoms. The van der Waals surface area contributed by atoms with Crippen LogP contribution in [0.2, 0.25) is 0 Å². The molecule has 94 valence electrons. The molecule has 1 unspecified atom stereocenters. The van der Waals surface area contributed by atoms with Gasteiger partial charge in [0.15, 0.2) is 5.78 Å². The number of hydrogen-bond donors (Lipinski definition) is 1. The Morgan fingerprint density at radius 1 is 1.06 bits per heavy atom. The fourth-order valence-corrected chi connectivity index (χ4v) is 1.46. The first kappa shape index (κ1) is 15.1. The second kappa shape index (κ2) is 6.66. The number of carbonyl (C=O) groups is 2. The highest BCUT2D eigenvalue weighted by atomic mass is 18.1. The Hall–Kier alpha value is -0.860. The molecule has 0 aromatic carbocycles. The molecular formula is C13H25NO2. The van der Waals surface area contributed by atoms with Crippen molar-refractivity contribution in [2.45, 2.75) is 54.0 Å². The highest BCUT2D eigenvalue weighted by Crippen LogP contribution is 2.11. The van der Waals surface area contributed by atoms with Crippen molar-refractivity contribution in [1.82, 2.24) is 5.32 Å². The normalized spacial score (nSPS) is 13.3. The smallest absolute Gasteiger partial charge is 0.223 e. The summed E-state index contributed by atoms with van der Waals surface area (Å²) in [5.74, 6) is 0.383. The number of amides is 1. The molecule has 0 aliphatic carbocycles. The Kier molecular flexibility index (Phi) is 6.31. The number of nitrogens with one attached hydrogen (secondary N) is 1. The van der Waals surface area contributed by atoms with Crippen molar-refractivity contribution in [3.8, 4) is 0 Å². The zero-order valence-corrected chi connectivity index (χ0v) is 11.3. The van der Waals surface area contributed by atoms with E-state index >= 15 is 0 Å². The van der Waals surface area contributed by atoms with E-state index in [9.17, 15) is 9.59 Å². The van der Waals surface area contributed by atoms with Crippen molar-refractivity contribution < 1.29 is 9.59 Å². The van der Waals surface area contributed by atoms with Gasteiger partial charge in [-0.05, 0) is 12.3 Å². The van der Waals surface area contributed by atoms with Crippen LogP contribution in [0, 0.1) is 17.8 Å². The van der Waals surface area contributed by atoms with Crippen LogP contribution in [0.25, 0.3) is 0 Å². The van der Waals surface area contributed by atoms with Crippen molar-refractivity contribution >= 4 is 11.7 Å². The van der Waals surface area contributed by atoms with E-state index in [0.29, 0.717) is 5.92 Å². The molecule has 0 radical (unpaired) electrons. The first-order valence-corrected chi connectivity index (χ1v) is 6.09. The summed E-state index contributed by atoms with van der Waals surface area (Å²) in [6, 6.07) is -0.324. The maximum Gasteiger partial charge on any atom is 0.223 e. The summed E-state index contributed by atoms with van der Waals surface area (Å²) in [6.45, 7) is 11.5. The lowest BCUT2D eigenvalue weighted by Gasteiger charge is -2.22. The minimum atomic E-state index is -0.324. The monoisotopic (exact) mass is 231 g/mol. The molecule has 3 nitrogen and oxygen atoms in total. The molecule has 0 spiro atoms. The van der Waals surface area contributed by atoms with Crippen LogP contribution >= 0.6 is 0 Å². The van der Waals surface area contributed by atoms with E-state index in [-0.39, 0.29) is 29.6 Å². The summed E-state index contributed by atoms with van der Waals surface area (Å²) in [5, 5.41) is 2.84. The fourth-order valence-electron chi connectivity index (χ4n) is 1.46. The van der Waals surface area contributed by atoms with Crippen molar-refractivity contribution in [3.05, 3.63) is 0 Å². The van der Waals surface area contributed by atoms with Crippen molar-refractivity contribution in [3.63, 3.8) is 0 Å². The quantitative estimate of drug-likeness (QED) is 0.433. The Morgan fingerprint density at radius 2 is 1.56 bits per heavy atom. The Labute approximate surface area is 99.0 Å². The number of Topliss-reactive ketones (excluding diaryl/α,β-unsaturated/α-hetero) is 1. The number of rotatable bonds is 6. The largest absolute Gasteiger partial charge is 0.346 e. The summed E-state index contributed by atoms with van der Waals surface area (Å²) in [7, 11) is 0. The predicted molar refractivity (Wildman–Crippen MR) is 66.1 cm³/mol. The van der Waals surface area contributed by atoms with Gasteiger partial charge in [0.25, 0.3) is 0 Å². The molecule has 3 heteroatoms. The van der Waals surface area contributed by atoms with E-state index in [0.717, 1.165) is 6.42 Å². The van der Waals surface area contributed by atoms with Gasteiger partial charge in [-0.25, -0.2) is 0 Å². The number of carbonyl (C=O) groups excluding carboxylic acids is 2. The molecule has 0 aliphatic heterocycles. The van der Waals surface area contributed by atoms with Crippen LogP contribution in [-0.2, 0) is 9.59 Å². The van der Waals surface area contributed by atoms with Gasteiger partial charge in [-0.1, -0.05) is 41.5 Å². The van der Waals surface area contributed by atoms with Gasteiger partial charge in [-0.2, -0.15) is 0 Å². The third-order valence-electron chi connectivity index (χ3n) is 2.46. The molecule has 1 atom stereocenters. The van der Waals surface area contributed by atoms with E-state index in [2.05, 4.69) is 19.2 Å². The Morgan fingerprint density at radius 3 is 1.88 bits per heavy atom. The second-order valence-corrected chi connectivity index (χ2v) is 5.40. The van der Waals surface area contributed by atoms with Gasteiger partial charge in [0, 0.05) is 11.8 Å². The van der Waals surface area contributed by atoms with Crippen LogP contribution in [0.15, 0.2) is 0 Å². The van der Waals surface area contributed by atoms with Gasteiger partial charge in [0.2, 0.25) is 5.91 Å². The molecule has 0 heterocycles. The van der Waals surface area contributed by atoms with E-state index in [1.54, 1.807) is 0 Å². The van der Waals surface area contributed by atoms with Crippen molar-refractivity contribution in [2.24, 2.45) is 17.8 Å². The maximum absolute atomic E-state index is 11.9. The van der Waals surface area contributed by atoms with Gasteiger partial charge in [-0.3, -0.25) is 9.59 Å². The average Bonchev–Trinajstić information content (AvgIpc) is 2.14. The van der Waals surface area contributed by atoms with Crippen LogP contribution in [0.3, 0.4) is 0 Å². The van der Waals surface area contributed by atoms with Crippen LogP contribution in [-0.4, -0.2) is 17.7 Å². The van der Waals surface area contributed by atoms with Crippen LogP contribution < -0.4 is 5.32 Å². The van der Waals surface area contributed by atoms with Gasteiger partial charge in [0.1, 0.15) is 0 Å². The summed E-state index contributed by atoms with van der Waals surface area (Å²) in [4.78, 5) is 23.5. The first-order valence-electron chi connectivity index (χ1n) is 6.09. The van der Waals surface area contributed by atoms with Crippen LogP contribution in [0.4, 0.5) is 0 Å². The zero-order chi connectivity index (χ0) is 12.9.